The van der Waals surface area contributed by atoms with Crippen LogP contribution in [0.3, 0.4) is 0 Å². The number of hydrogen-bond donors (Lipinski definition) is 0. The zero-order chi connectivity index (χ0) is 17.8. The van der Waals surface area contributed by atoms with E-state index in [2.05, 4.69) is 15.1 Å². The predicted molar refractivity (Wildman–Crippen MR) is 95.8 cm³/mol. The fraction of sp³-hybridized carbons (Fsp3) is 0.526. The first-order chi connectivity index (χ1) is 12.2. The third-order valence-corrected chi connectivity index (χ3v) is 4.97. The van der Waals surface area contributed by atoms with E-state index in [0.29, 0.717) is 11.8 Å². The van der Waals surface area contributed by atoms with Crippen LogP contribution in [0.25, 0.3) is 11.5 Å². The molecular formula is C19H26N4O2. The predicted octanol–water partition coefficient (Wildman–Crippen LogP) is 3.13. The Hall–Kier alpha value is -2.21. The molecule has 0 unspecified atom stereocenters. The summed E-state index contributed by atoms with van der Waals surface area (Å²) in [5, 5.41) is 8.41. The summed E-state index contributed by atoms with van der Waals surface area (Å²) in [6, 6.07) is 9.58. The zero-order valence-corrected chi connectivity index (χ0v) is 15.2. The number of amides is 1. The summed E-state index contributed by atoms with van der Waals surface area (Å²) in [5.74, 6) is 1.29. The number of rotatable bonds is 6. The maximum Gasteiger partial charge on any atom is 0.247 e. The van der Waals surface area contributed by atoms with Gasteiger partial charge in [0.1, 0.15) is 0 Å². The van der Waals surface area contributed by atoms with Crippen molar-refractivity contribution in [3.63, 3.8) is 0 Å². The molecule has 1 saturated heterocycles. The van der Waals surface area contributed by atoms with Crippen molar-refractivity contribution in [2.45, 2.75) is 45.7 Å². The highest BCUT2D eigenvalue weighted by Gasteiger charge is 2.37. The van der Waals surface area contributed by atoms with Crippen molar-refractivity contribution in [3.8, 4) is 11.5 Å². The van der Waals surface area contributed by atoms with Crippen molar-refractivity contribution >= 4 is 5.91 Å². The Morgan fingerprint density at radius 2 is 2.00 bits per heavy atom. The summed E-state index contributed by atoms with van der Waals surface area (Å²) in [5.41, 5.74) is 0.908. The van der Waals surface area contributed by atoms with Crippen molar-refractivity contribution in [2.24, 2.45) is 0 Å². The number of likely N-dealkylation sites (N-methyl/N-ethyl adjacent to an activating group) is 1. The number of likely N-dealkylation sites (tertiary alicyclic amines) is 1. The number of aromatic nitrogens is 2. The Morgan fingerprint density at radius 1 is 1.28 bits per heavy atom. The molecule has 2 heterocycles. The van der Waals surface area contributed by atoms with Gasteiger partial charge >= 0.3 is 0 Å². The van der Waals surface area contributed by atoms with Gasteiger partial charge < -0.3 is 9.32 Å². The molecule has 25 heavy (non-hydrogen) atoms. The van der Waals surface area contributed by atoms with Gasteiger partial charge in [-0.25, -0.2) is 0 Å². The van der Waals surface area contributed by atoms with E-state index in [9.17, 15) is 4.79 Å². The molecule has 1 aromatic carbocycles. The van der Waals surface area contributed by atoms with E-state index in [-0.39, 0.29) is 18.0 Å². The lowest BCUT2D eigenvalue weighted by atomic mass is 10.1. The van der Waals surface area contributed by atoms with Crippen LogP contribution in [-0.2, 0) is 4.79 Å². The van der Waals surface area contributed by atoms with Crippen LogP contribution in [0.5, 0.6) is 0 Å². The molecule has 0 bridgehead atoms. The van der Waals surface area contributed by atoms with Gasteiger partial charge in [-0.05, 0) is 52.3 Å². The molecular weight excluding hydrogens is 316 g/mol. The maximum absolute atomic E-state index is 12.8. The minimum Gasteiger partial charge on any atom is -0.419 e. The lowest BCUT2D eigenvalue weighted by Gasteiger charge is -2.31. The van der Waals surface area contributed by atoms with E-state index in [1.165, 1.54) is 0 Å². The average molecular weight is 342 g/mol. The van der Waals surface area contributed by atoms with E-state index in [0.717, 1.165) is 38.0 Å². The van der Waals surface area contributed by atoms with E-state index < -0.39 is 0 Å². The fourth-order valence-electron chi connectivity index (χ4n) is 3.51. The van der Waals surface area contributed by atoms with Crippen molar-refractivity contribution in [1.82, 2.24) is 20.0 Å². The van der Waals surface area contributed by atoms with Gasteiger partial charge in [0.15, 0.2) is 0 Å². The number of carbonyl (C=O) groups excluding carboxylic acids is 1. The number of nitrogens with zero attached hydrogens (tertiary/aromatic N) is 4. The highest BCUT2D eigenvalue weighted by atomic mass is 16.4. The monoisotopic (exact) mass is 342 g/mol. The van der Waals surface area contributed by atoms with Crippen LogP contribution in [0.1, 0.15) is 45.5 Å². The minimum atomic E-state index is -0.0954. The molecule has 1 aliphatic rings. The fourth-order valence-corrected chi connectivity index (χ4v) is 3.51. The smallest absolute Gasteiger partial charge is 0.247 e. The third-order valence-electron chi connectivity index (χ3n) is 4.97. The molecule has 0 spiro atoms. The molecule has 2 atom stereocenters. The van der Waals surface area contributed by atoms with Gasteiger partial charge in [0.25, 0.3) is 0 Å². The van der Waals surface area contributed by atoms with Crippen molar-refractivity contribution in [1.29, 1.82) is 0 Å². The lowest BCUT2D eigenvalue weighted by Crippen LogP contribution is -2.46. The second kappa shape index (κ2) is 7.78. The largest absolute Gasteiger partial charge is 0.419 e. The van der Waals surface area contributed by atoms with Crippen LogP contribution >= 0.6 is 0 Å². The summed E-state index contributed by atoms with van der Waals surface area (Å²) in [6.45, 7) is 8.44. The standard InChI is InChI=1S/C19H26N4O2/c1-4-22(5-2)19(24)16-12-9-13-23(16)14(3)17-20-21-18(25-17)15-10-7-6-8-11-15/h6-8,10-11,14,16H,4-5,9,12-13H2,1-3H3/t14-,16-/m0/s1. The topological polar surface area (TPSA) is 62.5 Å². The lowest BCUT2D eigenvalue weighted by molar-refractivity contribution is -0.136. The summed E-state index contributed by atoms with van der Waals surface area (Å²) in [4.78, 5) is 16.9. The van der Waals surface area contributed by atoms with E-state index >= 15 is 0 Å². The highest BCUT2D eigenvalue weighted by Crippen LogP contribution is 2.31. The second-order valence-electron chi connectivity index (χ2n) is 6.39. The zero-order valence-electron chi connectivity index (χ0n) is 15.2. The molecule has 6 nitrogen and oxygen atoms in total. The number of hydrogen-bond acceptors (Lipinski definition) is 5. The Bertz CT molecular complexity index is 696. The third kappa shape index (κ3) is 3.58. The Labute approximate surface area is 148 Å². The van der Waals surface area contributed by atoms with Crippen molar-refractivity contribution in [2.75, 3.05) is 19.6 Å². The van der Waals surface area contributed by atoms with Crippen LogP contribution in [-0.4, -0.2) is 51.6 Å². The Balaban J connectivity index is 1.77. The van der Waals surface area contributed by atoms with E-state index in [4.69, 9.17) is 4.42 Å². The first-order valence-electron chi connectivity index (χ1n) is 9.09. The van der Waals surface area contributed by atoms with Gasteiger partial charge in [0.2, 0.25) is 17.7 Å². The van der Waals surface area contributed by atoms with Crippen molar-refractivity contribution < 1.29 is 9.21 Å². The number of benzene rings is 1. The van der Waals surface area contributed by atoms with E-state index in [1.807, 2.05) is 56.0 Å². The van der Waals surface area contributed by atoms with Crippen molar-refractivity contribution in [3.05, 3.63) is 36.2 Å². The van der Waals surface area contributed by atoms with Gasteiger partial charge in [-0.2, -0.15) is 0 Å². The molecule has 0 saturated carbocycles. The molecule has 1 aromatic heterocycles. The van der Waals surface area contributed by atoms with Crippen LogP contribution in [0.2, 0.25) is 0 Å². The molecule has 0 N–H and O–H groups in total. The molecule has 2 aromatic rings. The maximum atomic E-state index is 12.8. The van der Waals surface area contributed by atoms with Crippen LogP contribution in [0, 0.1) is 0 Å². The molecule has 1 amide bonds. The first-order valence-corrected chi connectivity index (χ1v) is 9.09. The Kier molecular flexibility index (Phi) is 5.48. The van der Waals surface area contributed by atoms with Crippen LogP contribution < -0.4 is 0 Å². The van der Waals surface area contributed by atoms with Gasteiger partial charge in [-0.1, -0.05) is 18.2 Å². The molecule has 6 heteroatoms. The molecule has 0 radical (unpaired) electrons. The highest BCUT2D eigenvalue weighted by molar-refractivity contribution is 5.82. The van der Waals surface area contributed by atoms with E-state index in [1.54, 1.807) is 0 Å². The van der Waals surface area contributed by atoms with Gasteiger partial charge in [0.05, 0.1) is 12.1 Å². The quantitative estimate of drug-likeness (QED) is 0.807. The van der Waals surface area contributed by atoms with Gasteiger partial charge in [0, 0.05) is 18.7 Å². The van der Waals surface area contributed by atoms with Gasteiger partial charge in [-0.3, -0.25) is 9.69 Å². The summed E-state index contributed by atoms with van der Waals surface area (Å²) in [7, 11) is 0. The minimum absolute atomic E-state index is 0.0722. The molecule has 0 aliphatic carbocycles. The first kappa shape index (κ1) is 17.6. The summed E-state index contributed by atoms with van der Waals surface area (Å²) >= 11 is 0. The normalized spacial score (nSPS) is 19.1. The molecule has 1 aliphatic heterocycles. The summed E-state index contributed by atoms with van der Waals surface area (Å²) < 4.78 is 5.90. The van der Waals surface area contributed by atoms with Crippen LogP contribution in [0.15, 0.2) is 34.7 Å². The molecule has 1 fully saturated rings. The SMILES string of the molecule is CCN(CC)C(=O)[C@@H]1CCCN1[C@@H](C)c1nnc(-c2ccccc2)o1. The second-order valence-corrected chi connectivity index (χ2v) is 6.39. The van der Waals surface area contributed by atoms with Gasteiger partial charge in [-0.15, -0.1) is 10.2 Å². The number of carbonyl (C=O) groups is 1. The molecule has 134 valence electrons. The van der Waals surface area contributed by atoms with Crippen LogP contribution in [0.4, 0.5) is 0 Å². The Morgan fingerprint density at radius 3 is 2.68 bits per heavy atom. The summed E-state index contributed by atoms with van der Waals surface area (Å²) in [6.07, 6.45) is 1.90. The average Bonchev–Trinajstić information content (AvgIpc) is 3.32. The molecule has 3 rings (SSSR count).